The van der Waals surface area contributed by atoms with Gasteiger partial charge >= 0.3 is 0 Å². The number of rotatable bonds is 5. The van der Waals surface area contributed by atoms with Crippen molar-refractivity contribution in [2.24, 2.45) is 5.73 Å². The number of aliphatic hydroxyl groups excluding tert-OH is 1. The number of aromatic hydroxyl groups is 1. The van der Waals surface area contributed by atoms with E-state index in [0.717, 1.165) is 5.56 Å². The van der Waals surface area contributed by atoms with Crippen LogP contribution in [0.3, 0.4) is 0 Å². The summed E-state index contributed by atoms with van der Waals surface area (Å²) in [6.45, 7) is -0.0613. The summed E-state index contributed by atoms with van der Waals surface area (Å²) in [6.07, 6.45) is 0.574. The second kappa shape index (κ2) is 6.32. The molecule has 0 aliphatic rings. The minimum atomic E-state index is -0.284. The molecular weight excluding hydrogens is 254 g/mol. The van der Waals surface area contributed by atoms with Crippen molar-refractivity contribution in [2.45, 2.75) is 12.5 Å². The van der Waals surface area contributed by atoms with Crippen LogP contribution in [0.5, 0.6) is 5.75 Å². The molecule has 1 atom stereocenters. The minimum absolute atomic E-state index is 0.0613. The number of carbonyl (C=O) groups is 1. The quantitative estimate of drug-likeness (QED) is 0.719. The van der Waals surface area contributed by atoms with Gasteiger partial charge in [-0.15, -0.1) is 0 Å². The summed E-state index contributed by atoms with van der Waals surface area (Å²) in [5.41, 5.74) is 7.76. The number of ketones is 1. The van der Waals surface area contributed by atoms with Crippen molar-refractivity contribution in [1.82, 2.24) is 0 Å². The molecule has 2 aromatic carbocycles. The summed E-state index contributed by atoms with van der Waals surface area (Å²) in [5.74, 6) is 0.0397. The van der Waals surface area contributed by atoms with Crippen LogP contribution in [0.1, 0.15) is 21.5 Å². The lowest BCUT2D eigenvalue weighted by atomic mass is 10.00. The SMILES string of the molecule is N[C@H](CO)Cc1ccc(C(=O)c2ccc(O)cc2)cc1. The molecule has 2 rings (SSSR count). The standard InChI is InChI=1S/C16H17NO3/c17-14(10-18)9-11-1-3-12(4-2-11)16(20)13-5-7-15(19)8-6-13/h1-8,14,18-19H,9-10,17H2/t14-/m0/s1. The molecule has 0 aliphatic heterocycles. The molecule has 2 aromatic rings. The zero-order chi connectivity index (χ0) is 14.5. The first kappa shape index (κ1) is 14.2. The van der Waals surface area contributed by atoms with E-state index in [1.807, 2.05) is 12.1 Å². The number of carbonyl (C=O) groups excluding carboxylic acids is 1. The normalized spacial score (nSPS) is 12.1. The predicted octanol–water partition coefficient (Wildman–Crippen LogP) is 1.49. The van der Waals surface area contributed by atoms with Crippen molar-refractivity contribution in [2.75, 3.05) is 6.61 Å². The molecule has 0 aromatic heterocycles. The van der Waals surface area contributed by atoms with Gasteiger partial charge in [0.1, 0.15) is 5.75 Å². The van der Waals surface area contributed by atoms with Crippen LogP contribution in [-0.4, -0.2) is 28.6 Å². The van der Waals surface area contributed by atoms with Gasteiger partial charge in [-0.05, 0) is 36.2 Å². The Morgan fingerprint density at radius 2 is 1.50 bits per heavy atom. The van der Waals surface area contributed by atoms with Crippen molar-refractivity contribution in [1.29, 1.82) is 0 Å². The molecule has 0 heterocycles. The van der Waals surface area contributed by atoms with Crippen molar-refractivity contribution < 1.29 is 15.0 Å². The number of phenols is 1. The van der Waals surface area contributed by atoms with Crippen LogP contribution < -0.4 is 5.73 Å². The highest BCUT2D eigenvalue weighted by Gasteiger charge is 2.09. The monoisotopic (exact) mass is 271 g/mol. The summed E-state index contributed by atoms with van der Waals surface area (Å²) in [7, 11) is 0. The van der Waals surface area contributed by atoms with Crippen LogP contribution in [0.15, 0.2) is 48.5 Å². The number of benzene rings is 2. The molecule has 0 unspecified atom stereocenters. The molecule has 0 spiro atoms. The molecule has 0 bridgehead atoms. The summed E-state index contributed by atoms with van der Waals surface area (Å²) in [6, 6.07) is 13.0. The molecule has 4 N–H and O–H groups in total. The molecule has 0 amide bonds. The Hall–Kier alpha value is -2.17. The Kier molecular flexibility index (Phi) is 4.50. The maximum Gasteiger partial charge on any atom is 0.193 e. The highest BCUT2D eigenvalue weighted by atomic mass is 16.3. The Labute approximate surface area is 117 Å². The van der Waals surface area contributed by atoms with Gasteiger partial charge in [0.15, 0.2) is 5.78 Å². The largest absolute Gasteiger partial charge is 0.508 e. The van der Waals surface area contributed by atoms with Crippen molar-refractivity contribution >= 4 is 5.78 Å². The van der Waals surface area contributed by atoms with Crippen molar-refractivity contribution in [3.05, 3.63) is 65.2 Å². The molecule has 0 aliphatic carbocycles. The molecule has 104 valence electrons. The second-order valence-electron chi connectivity index (χ2n) is 4.72. The number of aliphatic hydroxyl groups is 1. The summed E-state index contributed by atoms with van der Waals surface area (Å²) in [5, 5.41) is 18.1. The number of phenolic OH excluding ortho intramolecular Hbond substituents is 1. The van der Waals surface area contributed by atoms with Gasteiger partial charge < -0.3 is 15.9 Å². The van der Waals surface area contributed by atoms with Crippen LogP contribution >= 0.6 is 0 Å². The molecule has 0 saturated heterocycles. The van der Waals surface area contributed by atoms with Gasteiger partial charge in [0.2, 0.25) is 0 Å². The average Bonchev–Trinajstić information content (AvgIpc) is 2.48. The van der Waals surface area contributed by atoms with E-state index in [0.29, 0.717) is 17.5 Å². The van der Waals surface area contributed by atoms with E-state index < -0.39 is 0 Å². The fourth-order valence-electron chi connectivity index (χ4n) is 1.94. The maximum absolute atomic E-state index is 12.2. The molecule has 0 radical (unpaired) electrons. The molecule has 4 nitrogen and oxygen atoms in total. The molecule has 4 heteroatoms. The highest BCUT2D eigenvalue weighted by molar-refractivity contribution is 6.09. The Morgan fingerprint density at radius 1 is 1.00 bits per heavy atom. The number of nitrogens with two attached hydrogens (primary N) is 1. The topological polar surface area (TPSA) is 83.5 Å². The lowest BCUT2D eigenvalue weighted by Gasteiger charge is -2.08. The highest BCUT2D eigenvalue weighted by Crippen LogP contribution is 2.15. The first-order valence-electron chi connectivity index (χ1n) is 6.39. The molecular formula is C16H17NO3. The number of hydrogen-bond acceptors (Lipinski definition) is 4. The van der Waals surface area contributed by atoms with Gasteiger partial charge in [0, 0.05) is 17.2 Å². The third-order valence-corrected chi connectivity index (χ3v) is 3.08. The van der Waals surface area contributed by atoms with Gasteiger partial charge in [-0.1, -0.05) is 24.3 Å². The van der Waals surface area contributed by atoms with Gasteiger partial charge in [-0.25, -0.2) is 0 Å². The molecule has 0 saturated carbocycles. The number of hydrogen-bond donors (Lipinski definition) is 3. The van der Waals surface area contributed by atoms with Crippen LogP contribution in [0.4, 0.5) is 0 Å². The van der Waals surface area contributed by atoms with Gasteiger partial charge in [-0.3, -0.25) is 4.79 Å². The average molecular weight is 271 g/mol. The van der Waals surface area contributed by atoms with E-state index in [9.17, 15) is 9.90 Å². The predicted molar refractivity (Wildman–Crippen MR) is 76.7 cm³/mol. The first-order chi connectivity index (χ1) is 9.60. The third kappa shape index (κ3) is 3.44. The molecule has 20 heavy (non-hydrogen) atoms. The van der Waals surface area contributed by atoms with Crippen molar-refractivity contribution in [3.63, 3.8) is 0 Å². The van der Waals surface area contributed by atoms with Crippen LogP contribution in [0, 0.1) is 0 Å². The zero-order valence-corrected chi connectivity index (χ0v) is 11.0. The van der Waals surface area contributed by atoms with Crippen LogP contribution in [-0.2, 0) is 6.42 Å². The summed E-state index contributed by atoms with van der Waals surface area (Å²) < 4.78 is 0. The Bertz CT molecular complexity index is 576. The van der Waals surface area contributed by atoms with Crippen LogP contribution in [0.25, 0.3) is 0 Å². The smallest absolute Gasteiger partial charge is 0.193 e. The van der Waals surface area contributed by atoms with E-state index in [-0.39, 0.29) is 24.2 Å². The van der Waals surface area contributed by atoms with Crippen LogP contribution in [0.2, 0.25) is 0 Å². The fraction of sp³-hybridized carbons (Fsp3) is 0.188. The summed E-state index contributed by atoms with van der Waals surface area (Å²) >= 11 is 0. The maximum atomic E-state index is 12.2. The zero-order valence-electron chi connectivity index (χ0n) is 11.0. The first-order valence-corrected chi connectivity index (χ1v) is 6.39. The molecule has 0 fully saturated rings. The second-order valence-corrected chi connectivity index (χ2v) is 4.72. The fourth-order valence-corrected chi connectivity index (χ4v) is 1.94. The van der Waals surface area contributed by atoms with E-state index >= 15 is 0 Å². The Morgan fingerprint density at radius 3 is 2.00 bits per heavy atom. The lowest BCUT2D eigenvalue weighted by molar-refractivity contribution is 0.103. The lowest BCUT2D eigenvalue weighted by Crippen LogP contribution is -2.26. The van der Waals surface area contributed by atoms with E-state index in [4.69, 9.17) is 10.8 Å². The third-order valence-electron chi connectivity index (χ3n) is 3.08. The van der Waals surface area contributed by atoms with Gasteiger partial charge in [0.25, 0.3) is 0 Å². The minimum Gasteiger partial charge on any atom is -0.508 e. The van der Waals surface area contributed by atoms with Gasteiger partial charge in [0.05, 0.1) is 6.61 Å². The van der Waals surface area contributed by atoms with E-state index in [1.54, 1.807) is 24.3 Å². The summed E-state index contributed by atoms with van der Waals surface area (Å²) in [4.78, 5) is 12.2. The van der Waals surface area contributed by atoms with E-state index in [1.165, 1.54) is 12.1 Å². The van der Waals surface area contributed by atoms with E-state index in [2.05, 4.69) is 0 Å². The Balaban J connectivity index is 2.13. The van der Waals surface area contributed by atoms with Gasteiger partial charge in [-0.2, -0.15) is 0 Å². The van der Waals surface area contributed by atoms with Crippen molar-refractivity contribution in [3.8, 4) is 5.75 Å².